The summed E-state index contributed by atoms with van der Waals surface area (Å²) >= 11 is 0. The minimum Gasteiger partial charge on any atom is -0.481 e. The molecular weight excluding hydrogens is 194 g/mol. The number of β-amino-alcohol motifs (C(OH)–C–C–N with tert-alkyl or cyclic N) is 1. The van der Waals surface area contributed by atoms with Crippen LogP contribution in [0.4, 0.5) is 0 Å². The smallest absolute Gasteiger partial charge is 0.309 e. The van der Waals surface area contributed by atoms with Crippen molar-refractivity contribution in [3.63, 3.8) is 0 Å². The van der Waals surface area contributed by atoms with E-state index >= 15 is 0 Å². The fourth-order valence-corrected chi connectivity index (χ4v) is 2.26. The molecule has 4 heteroatoms. The molecule has 0 aromatic carbocycles. The van der Waals surface area contributed by atoms with Gasteiger partial charge in [-0.2, -0.15) is 0 Å². The molecule has 1 aliphatic heterocycles. The van der Waals surface area contributed by atoms with Crippen LogP contribution in [-0.4, -0.2) is 46.8 Å². The molecule has 1 rings (SSSR count). The van der Waals surface area contributed by atoms with E-state index in [0.717, 1.165) is 13.1 Å². The number of hydrogen-bond donors (Lipinski definition) is 2. The molecule has 1 atom stereocenters. The molecule has 0 saturated carbocycles. The van der Waals surface area contributed by atoms with Gasteiger partial charge in [-0.3, -0.25) is 4.79 Å². The lowest BCUT2D eigenvalue weighted by Crippen LogP contribution is -2.45. The Balaban J connectivity index is 2.50. The number of aliphatic hydroxyl groups is 1. The van der Waals surface area contributed by atoms with Crippen LogP contribution >= 0.6 is 0 Å². The van der Waals surface area contributed by atoms with E-state index in [0.29, 0.717) is 25.8 Å². The van der Waals surface area contributed by atoms with Gasteiger partial charge in [-0.1, -0.05) is 6.92 Å². The molecular formula is C11H21NO3. The number of rotatable bonds is 4. The zero-order valence-corrected chi connectivity index (χ0v) is 9.57. The van der Waals surface area contributed by atoms with E-state index in [2.05, 4.69) is 4.90 Å². The average molecular weight is 215 g/mol. The van der Waals surface area contributed by atoms with Crippen molar-refractivity contribution in [2.45, 2.75) is 39.2 Å². The van der Waals surface area contributed by atoms with Gasteiger partial charge in [0.25, 0.3) is 0 Å². The second-order valence-electron chi connectivity index (χ2n) is 4.59. The molecule has 1 saturated heterocycles. The van der Waals surface area contributed by atoms with Crippen molar-refractivity contribution in [3.05, 3.63) is 0 Å². The molecule has 0 spiro atoms. The fraction of sp³-hybridized carbons (Fsp3) is 0.909. The lowest BCUT2D eigenvalue weighted by Gasteiger charge is -2.38. The molecule has 0 aromatic rings. The summed E-state index contributed by atoms with van der Waals surface area (Å²) < 4.78 is 0. The SMILES string of the molecule is CCC1(C(=O)O)CCN(CC(C)O)CC1. The lowest BCUT2D eigenvalue weighted by molar-refractivity contribution is -0.152. The first kappa shape index (κ1) is 12.5. The molecule has 0 aromatic heterocycles. The number of piperidine rings is 1. The summed E-state index contributed by atoms with van der Waals surface area (Å²) in [4.78, 5) is 13.3. The molecule has 1 fully saturated rings. The summed E-state index contributed by atoms with van der Waals surface area (Å²) in [7, 11) is 0. The van der Waals surface area contributed by atoms with Crippen LogP contribution in [0.5, 0.6) is 0 Å². The molecule has 0 amide bonds. The van der Waals surface area contributed by atoms with E-state index in [4.69, 9.17) is 0 Å². The number of hydrogen-bond acceptors (Lipinski definition) is 3. The van der Waals surface area contributed by atoms with Crippen LogP contribution in [0.15, 0.2) is 0 Å². The van der Waals surface area contributed by atoms with Gasteiger partial charge in [-0.15, -0.1) is 0 Å². The van der Waals surface area contributed by atoms with Gasteiger partial charge in [0.15, 0.2) is 0 Å². The summed E-state index contributed by atoms with van der Waals surface area (Å²) in [6, 6.07) is 0. The van der Waals surface area contributed by atoms with Gasteiger partial charge >= 0.3 is 5.97 Å². The summed E-state index contributed by atoms with van der Waals surface area (Å²) in [6.45, 7) is 5.92. The van der Waals surface area contributed by atoms with Gasteiger partial charge in [0.1, 0.15) is 0 Å². The van der Waals surface area contributed by atoms with Gasteiger partial charge in [0.05, 0.1) is 11.5 Å². The second kappa shape index (κ2) is 4.94. The van der Waals surface area contributed by atoms with Crippen molar-refractivity contribution in [3.8, 4) is 0 Å². The fourth-order valence-electron chi connectivity index (χ4n) is 2.26. The van der Waals surface area contributed by atoms with E-state index in [1.54, 1.807) is 6.92 Å². The summed E-state index contributed by atoms with van der Waals surface area (Å²) in [5.74, 6) is -0.665. The van der Waals surface area contributed by atoms with E-state index in [1.807, 2.05) is 6.92 Å². The molecule has 1 heterocycles. The largest absolute Gasteiger partial charge is 0.481 e. The van der Waals surface area contributed by atoms with Gasteiger partial charge in [-0.25, -0.2) is 0 Å². The van der Waals surface area contributed by atoms with E-state index in [-0.39, 0.29) is 6.10 Å². The van der Waals surface area contributed by atoms with Gasteiger partial charge in [0.2, 0.25) is 0 Å². The summed E-state index contributed by atoms with van der Waals surface area (Å²) in [6.07, 6.45) is 1.77. The van der Waals surface area contributed by atoms with Crippen molar-refractivity contribution >= 4 is 5.97 Å². The molecule has 4 nitrogen and oxygen atoms in total. The predicted molar refractivity (Wildman–Crippen MR) is 57.7 cm³/mol. The van der Waals surface area contributed by atoms with E-state index in [9.17, 15) is 15.0 Å². The average Bonchev–Trinajstić information content (AvgIpc) is 2.18. The van der Waals surface area contributed by atoms with Crippen LogP contribution in [0.3, 0.4) is 0 Å². The topological polar surface area (TPSA) is 60.8 Å². The van der Waals surface area contributed by atoms with Crippen molar-refractivity contribution in [1.82, 2.24) is 4.90 Å². The van der Waals surface area contributed by atoms with Crippen molar-refractivity contribution < 1.29 is 15.0 Å². The van der Waals surface area contributed by atoms with Crippen LogP contribution in [0.25, 0.3) is 0 Å². The Morgan fingerprint density at radius 2 is 2.00 bits per heavy atom. The standard InChI is InChI=1S/C11H21NO3/c1-3-11(10(14)15)4-6-12(7-5-11)8-9(2)13/h9,13H,3-8H2,1-2H3,(H,14,15). The third-order valence-corrected chi connectivity index (χ3v) is 3.47. The third-order valence-electron chi connectivity index (χ3n) is 3.47. The molecule has 1 unspecified atom stereocenters. The summed E-state index contributed by atoms with van der Waals surface area (Å²) in [5, 5.41) is 18.4. The lowest BCUT2D eigenvalue weighted by atomic mass is 9.76. The van der Waals surface area contributed by atoms with Crippen LogP contribution in [-0.2, 0) is 4.79 Å². The van der Waals surface area contributed by atoms with Crippen LogP contribution in [0, 0.1) is 5.41 Å². The number of nitrogens with zero attached hydrogens (tertiary/aromatic N) is 1. The van der Waals surface area contributed by atoms with Crippen molar-refractivity contribution in [1.29, 1.82) is 0 Å². The predicted octanol–water partition coefficient (Wildman–Crippen LogP) is 0.944. The Morgan fingerprint density at radius 1 is 1.47 bits per heavy atom. The maximum absolute atomic E-state index is 11.2. The highest BCUT2D eigenvalue weighted by Crippen LogP contribution is 2.34. The highest BCUT2D eigenvalue weighted by molar-refractivity contribution is 5.74. The highest BCUT2D eigenvalue weighted by atomic mass is 16.4. The molecule has 88 valence electrons. The van der Waals surface area contributed by atoms with Gasteiger partial charge < -0.3 is 15.1 Å². The first-order valence-corrected chi connectivity index (χ1v) is 5.64. The molecule has 2 N–H and O–H groups in total. The van der Waals surface area contributed by atoms with Crippen molar-refractivity contribution in [2.24, 2.45) is 5.41 Å². The van der Waals surface area contributed by atoms with E-state index < -0.39 is 11.4 Å². The molecule has 1 aliphatic rings. The number of carboxylic acid groups (broad SMARTS) is 1. The first-order valence-electron chi connectivity index (χ1n) is 5.64. The van der Waals surface area contributed by atoms with Crippen LogP contribution in [0.2, 0.25) is 0 Å². The molecule has 0 bridgehead atoms. The van der Waals surface area contributed by atoms with Crippen molar-refractivity contribution in [2.75, 3.05) is 19.6 Å². The minimum absolute atomic E-state index is 0.330. The maximum atomic E-state index is 11.2. The Bertz CT molecular complexity index is 220. The van der Waals surface area contributed by atoms with Crippen LogP contribution < -0.4 is 0 Å². The zero-order chi connectivity index (χ0) is 11.5. The van der Waals surface area contributed by atoms with Crippen LogP contribution in [0.1, 0.15) is 33.1 Å². The summed E-state index contributed by atoms with van der Waals surface area (Å²) in [5.41, 5.74) is -0.519. The number of likely N-dealkylation sites (tertiary alicyclic amines) is 1. The first-order chi connectivity index (χ1) is 7.00. The Hall–Kier alpha value is -0.610. The number of aliphatic hydroxyl groups excluding tert-OH is 1. The number of aliphatic carboxylic acids is 1. The molecule has 0 aliphatic carbocycles. The third kappa shape index (κ3) is 2.92. The quantitative estimate of drug-likeness (QED) is 0.733. The zero-order valence-electron chi connectivity index (χ0n) is 9.57. The monoisotopic (exact) mass is 215 g/mol. The van der Waals surface area contributed by atoms with E-state index in [1.165, 1.54) is 0 Å². The molecule has 15 heavy (non-hydrogen) atoms. The normalized spacial score (nSPS) is 23.7. The second-order valence-corrected chi connectivity index (χ2v) is 4.59. The van der Waals surface area contributed by atoms with Gasteiger partial charge in [0, 0.05) is 6.54 Å². The minimum atomic E-state index is -0.665. The highest BCUT2D eigenvalue weighted by Gasteiger charge is 2.39. The Kier molecular flexibility index (Phi) is 4.11. The number of carboxylic acids is 1. The number of carbonyl (C=O) groups is 1. The molecule has 0 radical (unpaired) electrons. The van der Waals surface area contributed by atoms with Gasteiger partial charge in [-0.05, 0) is 39.3 Å². The Labute approximate surface area is 90.9 Å². The Morgan fingerprint density at radius 3 is 2.33 bits per heavy atom. The maximum Gasteiger partial charge on any atom is 0.309 e.